The summed E-state index contributed by atoms with van der Waals surface area (Å²) in [6, 6.07) is 3.69. The van der Waals surface area contributed by atoms with Gasteiger partial charge in [0, 0.05) is 11.3 Å². The zero-order valence-corrected chi connectivity index (χ0v) is 13.2. The van der Waals surface area contributed by atoms with E-state index in [1.807, 2.05) is 24.4 Å². The Morgan fingerprint density at radius 3 is 2.30 bits per heavy atom. The van der Waals surface area contributed by atoms with Crippen molar-refractivity contribution in [2.45, 2.75) is 19.4 Å². The van der Waals surface area contributed by atoms with E-state index in [0.29, 0.717) is 29.7 Å². The monoisotopic (exact) mass is 313 g/mol. The Morgan fingerprint density at radius 1 is 1.20 bits per heavy atom. The lowest BCUT2D eigenvalue weighted by Gasteiger charge is -2.15. The molecular formula is C14H16ClNO3S. The Balaban J connectivity index is 2.24. The molecule has 1 aromatic heterocycles. The second-order valence-electron chi connectivity index (χ2n) is 4.11. The fraction of sp³-hybridized carbons (Fsp3) is 0.357. The summed E-state index contributed by atoms with van der Waals surface area (Å²) in [5.41, 5.74) is 1.80. The number of aromatic nitrogens is 1. The van der Waals surface area contributed by atoms with E-state index in [-0.39, 0.29) is 0 Å². The Labute approximate surface area is 127 Å². The minimum absolute atomic E-state index is 0.372. The first-order valence-corrected chi connectivity index (χ1v) is 7.44. The lowest BCUT2D eigenvalue weighted by Crippen LogP contribution is -2.01. The van der Waals surface area contributed by atoms with Crippen molar-refractivity contribution in [3.05, 3.63) is 33.8 Å². The summed E-state index contributed by atoms with van der Waals surface area (Å²) in [4.78, 5) is 4.36. The van der Waals surface area contributed by atoms with Gasteiger partial charge >= 0.3 is 0 Å². The molecule has 0 bridgehead atoms. The van der Waals surface area contributed by atoms with Crippen LogP contribution < -0.4 is 14.2 Å². The smallest absolute Gasteiger partial charge is 0.203 e. The molecule has 0 unspecified atom stereocenters. The van der Waals surface area contributed by atoms with Crippen LogP contribution in [0.25, 0.3) is 0 Å². The van der Waals surface area contributed by atoms with Gasteiger partial charge in [-0.25, -0.2) is 4.98 Å². The molecule has 0 saturated heterocycles. The quantitative estimate of drug-likeness (QED) is 0.761. The Kier molecular flexibility index (Phi) is 5.09. The first kappa shape index (κ1) is 14.9. The number of benzene rings is 1. The number of hydrogen-bond acceptors (Lipinski definition) is 5. The van der Waals surface area contributed by atoms with Gasteiger partial charge in [0.05, 0.1) is 24.9 Å². The third kappa shape index (κ3) is 3.35. The van der Waals surface area contributed by atoms with Crippen molar-refractivity contribution >= 4 is 22.9 Å². The van der Waals surface area contributed by atoms with Crippen LogP contribution in [0, 0.1) is 6.92 Å². The third-order valence-electron chi connectivity index (χ3n) is 2.71. The second-order valence-corrected chi connectivity index (χ2v) is 5.44. The molecule has 0 aliphatic heterocycles. The molecule has 0 fully saturated rings. The van der Waals surface area contributed by atoms with Gasteiger partial charge in [0.15, 0.2) is 11.5 Å². The van der Waals surface area contributed by atoms with Crippen LogP contribution in [0.4, 0.5) is 0 Å². The van der Waals surface area contributed by atoms with Gasteiger partial charge in [0.1, 0.15) is 6.61 Å². The SMILES string of the molecule is COc1cc(CCl)cc(OC)c1OCc1csc(C)n1. The van der Waals surface area contributed by atoms with Gasteiger partial charge in [-0.15, -0.1) is 22.9 Å². The van der Waals surface area contributed by atoms with Gasteiger partial charge in [-0.05, 0) is 24.6 Å². The average molecular weight is 314 g/mol. The van der Waals surface area contributed by atoms with Crippen molar-refractivity contribution in [2.24, 2.45) is 0 Å². The number of ether oxygens (including phenoxy) is 3. The van der Waals surface area contributed by atoms with Crippen LogP contribution in [0.5, 0.6) is 17.2 Å². The molecule has 1 heterocycles. The Morgan fingerprint density at radius 2 is 1.85 bits per heavy atom. The third-order valence-corrected chi connectivity index (χ3v) is 3.84. The van der Waals surface area contributed by atoms with E-state index in [0.717, 1.165) is 16.3 Å². The number of thiazole rings is 1. The summed E-state index contributed by atoms with van der Waals surface area (Å²) in [6.45, 7) is 2.34. The van der Waals surface area contributed by atoms with Gasteiger partial charge in [-0.2, -0.15) is 0 Å². The molecule has 108 valence electrons. The summed E-state index contributed by atoms with van der Waals surface area (Å²) < 4.78 is 16.5. The van der Waals surface area contributed by atoms with Gasteiger partial charge < -0.3 is 14.2 Å². The van der Waals surface area contributed by atoms with Crippen molar-refractivity contribution in [1.29, 1.82) is 0 Å². The summed E-state index contributed by atoms with van der Waals surface area (Å²) in [5, 5.41) is 2.99. The number of alkyl halides is 1. The summed E-state index contributed by atoms with van der Waals surface area (Å²) in [5.74, 6) is 2.16. The van der Waals surface area contributed by atoms with Crippen LogP contribution in [-0.4, -0.2) is 19.2 Å². The van der Waals surface area contributed by atoms with Crippen LogP contribution in [0.1, 0.15) is 16.3 Å². The number of halogens is 1. The molecule has 0 saturated carbocycles. The van der Waals surface area contributed by atoms with Crippen LogP contribution in [0.3, 0.4) is 0 Å². The zero-order valence-electron chi connectivity index (χ0n) is 11.6. The molecule has 6 heteroatoms. The van der Waals surface area contributed by atoms with E-state index >= 15 is 0 Å². The van der Waals surface area contributed by atoms with E-state index < -0.39 is 0 Å². The number of rotatable bonds is 6. The summed E-state index contributed by atoms with van der Waals surface area (Å²) >= 11 is 7.45. The van der Waals surface area contributed by atoms with Crippen LogP contribution in [0.2, 0.25) is 0 Å². The standard InChI is InChI=1S/C14H16ClNO3S/c1-9-16-11(8-20-9)7-19-14-12(17-2)4-10(6-15)5-13(14)18-3/h4-5,8H,6-7H2,1-3H3. The normalized spacial score (nSPS) is 10.4. The van der Waals surface area contributed by atoms with Crippen molar-refractivity contribution < 1.29 is 14.2 Å². The molecule has 20 heavy (non-hydrogen) atoms. The van der Waals surface area contributed by atoms with Gasteiger partial charge in [0.2, 0.25) is 5.75 Å². The van der Waals surface area contributed by atoms with Crippen molar-refractivity contribution in [1.82, 2.24) is 4.98 Å². The lowest BCUT2D eigenvalue weighted by molar-refractivity contribution is 0.263. The highest BCUT2D eigenvalue weighted by molar-refractivity contribution is 7.09. The molecule has 0 spiro atoms. The fourth-order valence-corrected chi connectivity index (χ4v) is 2.53. The maximum absolute atomic E-state index is 5.85. The minimum Gasteiger partial charge on any atom is -0.493 e. The molecule has 1 aromatic carbocycles. The van der Waals surface area contributed by atoms with Crippen molar-refractivity contribution in [2.75, 3.05) is 14.2 Å². The topological polar surface area (TPSA) is 40.6 Å². The maximum atomic E-state index is 5.85. The first-order valence-electron chi connectivity index (χ1n) is 6.02. The number of nitrogens with zero attached hydrogens (tertiary/aromatic N) is 1. The maximum Gasteiger partial charge on any atom is 0.203 e. The van der Waals surface area contributed by atoms with Gasteiger partial charge in [0.25, 0.3) is 0 Å². The molecular weight excluding hydrogens is 298 g/mol. The summed E-state index contributed by atoms with van der Waals surface area (Å²) in [6.07, 6.45) is 0. The highest BCUT2D eigenvalue weighted by Gasteiger charge is 2.14. The highest BCUT2D eigenvalue weighted by Crippen LogP contribution is 2.39. The molecule has 0 radical (unpaired) electrons. The molecule has 0 aliphatic rings. The largest absolute Gasteiger partial charge is 0.493 e. The predicted molar refractivity (Wildman–Crippen MR) is 80.3 cm³/mol. The van der Waals surface area contributed by atoms with Gasteiger partial charge in [-0.1, -0.05) is 0 Å². The van der Waals surface area contributed by atoms with Gasteiger partial charge in [-0.3, -0.25) is 0 Å². The molecule has 0 amide bonds. The first-order chi connectivity index (χ1) is 9.67. The Hall–Kier alpha value is -1.46. The van der Waals surface area contributed by atoms with Crippen molar-refractivity contribution in [3.63, 3.8) is 0 Å². The van der Waals surface area contributed by atoms with Crippen LogP contribution in [0.15, 0.2) is 17.5 Å². The van der Waals surface area contributed by atoms with Crippen LogP contribution in [-0.2, 0) is 12.5 Å². The minimum atomic E-state index is 0.372. The molecule has 2 rings (SSSR count). The van der Waals surface area contributed by atoms with Crippen LogP contribution >= 0.6 is 22.9 Å². The van der Waals surface area contributed by atoms with E-state index in [9.17, 15) is 0 Å². The molecule has 2 aromatic rings. The molecule has 0 atom stereocenters. The lowest BCUT2D eigenvalue weighted by atomic mass is 10.2. The fourth-order valence-electron chi connectivity index (χ4n) is 1.77. The van der Waals surface area contributed by atoms with E-state index in [4.69, 9.17) is 25.8 Å². The molecule has 4 nitrogen and oxygen atoms in total. The number of aryl methyl sites for hydroxylation is 1. The highest BCUT2D eigenvalue weighted by atomic mass is 35.5. The summed E-state index contributed by atoms with van der Waals surface area (Å²) in [7, 11) is 3.18. The average Bonchev–Trinajstić information content (AvgIpc) is 2.89. The Bertz CT molecular complexity index is 561. The molecule has 0 N–H and O–H groups in total. The molecule has 0 aliphatic carbocycles. The number of hydrogen-bond donors (Lipinski definition) is 0. The van der Waals surface area contributed by atoms with E-state index in [1.165, 1.54) is 0 Å². The second kappa shape index (κ2) is 6.81. The number of methoxy groups -OCH3 is 2. The zero-order chi connectivity index (χ0) is 14.5. The van der Waals surface area contributed by atoms with E-state index in [1.54, 1.807) is 25.6 Å². The van der Waals surface area contributed by atoms with Crippen molar-refractivity contribution in [3.8, 4) is 17.2 Å². The predicted octanol–water partition coefficient (Wildman–Crippen LogP) is 3.79. The van der Waals surface area contributed by atoms with E-state index in [2.05, 4.69) is 4.98 Å².